The maximum absolute atomic E-state index is 12.9. The van der Waals surface area contributed by atoms with Gasteiger partial charge >= 0.3 is 0 Å². The predicted molar refractivity (Wildman–Crippen MR) is 256 cm³/mol. The lowest BCUT2D eigenvalue weighted by atomic mass is 10.1. The second-order valence-electron chi connectivity index (χ2n) is 15.1. The Bertz CT molecular complexity index is 2780. The number of aromatic nitrogens is 2. The van der Waals surface area contributed by atoms with Crippen LogP contribution in [0.4, 0.5) is 23.0 Å². The third kappa shape index (κ3) is 11.5. The molecule has 7 N–H and O–H groups in total. The number of amidine groups is 2. The van der Waals surface area contributed by atoms with Gasteiger partial charge in [0.1, 0.15) is 34.8 Å². The van der Waals surface area contributed by atoms with Crippen LogP contribution in [0.15, 0.2) is 127 Å². The van der Waals surface area contributed by atoms with Crippen LogP contribution in [-0.4, -0.2) is 98.5 Å². The molecular weight excluding hydrogens is 883 g/mol. The van der Waals surface area contributed by atoms with Gasteiger partial charge in [0, 0.05) is 61.3 Å². The predicted octanol–water partition coefficient (Wildman–Crippen LogP) is 8.39. The zero-order valence-electron chi connectivity index (χ0n) is 35.5. The van der Waals surface area contributed by atoms with E-state index in [9.17, 15) is 29.4 Å². The number of rotatable bonds is 10. The van der Waals surface area contributed by atoms with E-state index in [4.69, 9.17) is 28.6 Å². The van der Waals surface area contributed by atoms with Crippen LogP contribution in [0, 0.1) is 5.41 Å². The molecule has 2 aliphatic heterocycles. The number of para-hydroxylation sites is 2. The van der Waals surface area contributed by atoms with Crippen LogP contribution in [0.1, 0.15) is 71.8 Å². The smallest absolute Gasteiger partial charge is 0.259 e. The minimum Gasteiger partial charge on any atom is -0.506 e. The number of pyridine rings is 2. The summed E-state index contributed by atoms with van der Waals surface area (Å²) < 4.78 is 0. The van der Waals surface area contributed by atoms with Crippen molar-refractivity contribution >= 4 is 81.5 Å². The molecule has 0 saturated carbocycles. The lowest BCUT2D eigenvalue weighted by Crippen LogP contribution is -2.35. The Morgan fingerprint density at radius 1 is 0.576 bits per heavy atom. The number of halogens is 2. The van der Waals surface area contributed by atoms with Crippen molar-refractivity contribution in [2.75, 3.05) is 54.5 Å². The number of aliphatic imine (C=N–C) groups is 1. The number of benzene rings is 4. The van der Waals surface area contributed by atoms with E-state index in [0.717, 1.165) is 56.0 Å². The highest BCUT2D eigenvalue weighted by molar-refractivity contribution is 6.30. The molecule has 4 heterocycles. The minimum absolute atomic E-state index is 0.00735. The molecule has 4 aromatic carbocycles. The third-order valence-corrected chi connectivity index (χ3v) is 11.0. The highest BCUT2D eigenvalue weighted by atomic mass is 35.5. The summed E-state index contributed by atoms with van der Waals surface area (Å²) in [4.78, 5) is 67.8. The van der Waals surface area contributed by atoms with E-state index in [-0.39, 0.29) is 45.6 Å². The van der Waals surface area contributed by atoms with Gasteiger partial charge in [-0.15, -0.1) is 0 Å². The number of carbonyl (C=O) groups excluding carboxylic acids is 4. The fraction of sp³-hybridized carbons (Fsp3) is 0.167. The number of carbonyl (C=O) groups is 4. The number of phenols is 2. The van der Waals surface area contributed by atoms with E-state index in [1.807, 2.05) is 24.1 Å². The van der Waals surface area contributed by atoms with Gasteiger partial charge in [-0.25, -0.2) is 9.97 Å². The molecule has 8 rings (SSSR count). The first-order chi connectivity index (χ1) is 31.8. The second-order valence-corrected chi connectivity index (χ2v) is 16.0. The number of phenolic OH excluding ortho intramolecular Hbond substituents is 2. The van der Waals surface area contributed by atoms with E-state index in [1.165, 1.54) is 55.2 Å². The Hall–Kier alpha value is -7.82. The van der Waals surface area contributed by atoms with Gasteiger partial charge < -0.3 is 41.3 Å². The summed E-state index contributed by atoms with van der Waals surface area (Å²) >= 11 is 11.6. The molecule has 2 aliphatic rings. The van der Waals surface area contributed by atoms with Crippen molar-refractivity contribution < 1.29 is 29.4 Å². The SMILES string of the molecule is CN1CCN=C1c1ccc(C(=O)Nc2c(O)cccc2C(=O)Nc2ccc(Cl)cn2)cc1.N=C(c1ccc(C(=O)Nc2c(O)cccc2C(=O)Nc2ccc(Cl)cn2)cc1)N1CCCCC1. The normalized spacial score (nSPS) is 13.1. The number of nitrogens with one attached hydrogen (secondary N) is 5. The molecule has 0 spiro atoms. The van der Waals surface area contributed by atoms with Crippen LogP contribution in [0.2, 0.25) is 10.0 Å². The van der Waals surface area contributed by atoms with Crippen molar-refractivity contribution in [2.45, 2.75) is 19.3 Å². The van der Waals surface area contributed by atoms with Crippen molar-refractivity contribution in [3.8, 4) is 11.5 Å². The molecule has 0 bridgehead atoms. The molecule has 66 heavy (non-hydrogen) atoms. The number of nitrogens with zero attached hydrogens (tertiary/aromatic N) is 5. The van der Waals surface area contributed by atoms with Crippen molar-refractivity contribution in [1.29, 1.82) is 5.41 Å². The summed E-state index contributed by atoms with van der Waals surface area (Å²) in [7, 11) is 1.97. The number of anilines is 4. The Balaban J connectivity index is 0.000000197. The molecule has 0 radical (unpaired) electrons. The highest BCUT2D eigenvalue weighted by Gasteiger charge is 2.22. The molecule has 1 fully saturated rings. The summed E-state index contributed by atoms with van der Waals surface area (Å²) in [5, 5.41) is 40.4. The van der Waals surface area contributed by atoms with Crippen LogP contribution in [0.3, 0.4) is 0 Å². The summed E-state index contributed by atoms with van der Waals surface area (Å²) in [5.74, 6) is -0.612. The molecule has 0 unspecified atom stereocenters. The van der Waals surface area contributed by atoms with Gasteiger partial charge in [0.15, 0.2) is 0 Å². The molecule has 6 aromatic rings. The fourth-order valence-electron chi connectivity index (χ4n) is 7.05. The van der Waals surface area contributed by atoms with E-state index >= 15 is 0 Å². The number of amides is 4. The zero-order chi connectivity index (χ0) is 46.7. The average Bonchev–Trinajstić information content (AvgIpc) is 3.77. The molecule has 18 heteroatoms. The van der Waals surface area contributed by atoms with Gasteiger partial charge in [0.2, 0.25) is 0 Å². The monoisotopic (exact) mass is 926 g/mol. The largest absolute Gasteiger partial charge is 0.506 e. The number of likely N-dealkylation sites (tertiary alicyclic amines) is 1. The first kappa shape index (κ1) is 46.2. The quantitative estimate of drug-likeness (QED) is 0.0395. The van der Waals surface area contributed by atoms with Gasteiger partial charge in [-0.05, 0) is 92.1 Å². The molecule has 0 aliphatic carbocycles. The van der Waals surface area contributed by atoms with E-state index < -0.39 is 23.6 Å². The lowest BCUT2D eigenvalue weighted by molar-refractivity contribution is 0.101. The fourth-order valence-corrected chi connectivity index (χ4v) is 7.28. The Morgan fingerprint density at radius 2 is 1.05 bits per heavy atom. The van der Waals surface area contributed by atoms with E-state index in [2.05, 4.69) is 41.1 Å². The summed E-state index contributed by atoms with van der Waals surface area (Å²) in [6, 6.07) is 28.8. The average molecular weight is 928 g/mol. The molecule has 4 amide bonds. The standard InChI is InChI=1S/C25H24ClN5O3.C23H20ClN5O3/c26-18-11-12-21(28-15-18)29-25(34)19-5-4-6-20(32)22(19)30-24(33)17-9-7-16(8-10-17)23(27)31-13-2-1-3-14-31;1-29-12-11-25-21(29)14-5-7-15(8-6-14)22(31)28-20-17(3-2-4-18(20)30)23(32)27-19-10-9-16(24)13-26-19/h4-12,15,27,32H,1-3,13-14H2,(H,30,33)(H,28,29,34);2-10,13,30H,11-12H2,1H3,(H,28,31)(H,26,27,32). The van der Waals surface area contributed by atoms with Crippen molar-refractivity contribution in [3.05, 3.63) is 165 Å². The molecule has 336 valence electrons. The van der Waals surface area contributed by atoms with Gasteiger partial charge in [-0.1, -0.05) is 59.6 Å². The number of hydrogen-bond acceptors (Lipinski definition) is 11. The maximum Gasteiger partial charge on any atom is 0.259 e. The summed E-state index contributed by atoms with van der Waals surface area (Å²) in [6.07, 6.45) is 6.14. The minimum atomic E-state index is -0.550. The van der Waals surface area contributed by atoms with Crippen LogP contribution >= 0.6 is 23.2 Å². The Morgan fingerprint density at radius 3 is 1.48 bits per heavy atom. The van der Waals surface area contributed by atoms with Gasteiger partial charge in [0.25, 0.3) is 23.6 Å². The first-order valence-electron chi connectivity index (χ1n) is 20.8. The summed E-state index contributed by atoms with van der Waals surface area (Å²) in [5.41, 5.74) is 2.53. The third-order valence-electron chi connectivity index (χ3n) is 10.5. The number of piperidine rings is 1. The molecular formula is C48H44Cl2N10O6. The Kier molecular flexibility index (Phi) is 14.9. The molecule has 1 saturated heterocycles. The lowest BCUT2D eigenvalue weighted by Gasteiger charge is -2.29. The molecule has 16 nitrogen and oxygen atoms in total. The van der Waals surface area contributed by atoms with Gasteiger partial charge in [0.05, 0.1) is 39.1 Å². The number of likely N-dealkylation sites (N-methyl/N-ethyl adjacent to an activating group) is 1. The van der Waals surface area contributed by atoms with Crippen molar-refractivity contribution in [1.82, 2.24) is 19.8 Å². The van der Waals surface area contributed by atoms with Crippen LogP contribution < -0.4 is 21.3 Å². The molecule has 2 aromatic heterocycles. The second kappa shape index (κ2) is 21.2. The van der Waals surface area contributed by atoms with E-state index in [0.29, 0.717) is 27.0 Å². The van der Waals surface area contributed by atoms with E-state index in [1.54, 1.807) is 60.7 Å². The van der Waals surface area contributed by atoms with Gasteiger partial charge in [-0.3, -0.25) is 29.6 Å². The Labute approximate surface area is 389 Å². The summed E-state index contributed by atoms with van der Waals surface area (Å²) in [6.45, 7) is 3.34. The topological polar surface area (TPSA) is 225 Å². The zero-order valence-corrected chi connectivity index (χ0v) is 37.0. The van der Waals surface area contributed by atoms with Crippen LogP contribution in [0.5, 0.6) is 11.5 Å². The number of aromatic hydroxyl groups is 2. The van der Waals surface area contributed by atoms with Crippen LogP contribution in [0.25, 0.3) is 0 Å². The van der Waals surface area contributed by atoms with Crippen molar-refractivity contribution in [2.24, 2.45) is 4.99 Å². The van der Waals surface area contributed by atoms with Crippen LogP contribution in [-0.2, 0) is 0 Å². The van der Waals surface area contributed by atoms with Crippen molar-refractivity contribution in [3.63, 3.8) is 0 Å². The first-order valence-corrected chi connectivity index (χ1v) is 21.5. The molecule has 0 atom stereocenters. The maximum atomic E-state index is 12.9. The van der Waals surface area contributed by atoms with Gasteiger partial charge in [-0.2, -0.15) is 0 Å². The number of hydrogen-bond donors (Lipinski definition) is 7. The highest BCUT2D eigenvalue weighted by Crippen LogP contribution is 2.30.